The second kappa shape index (κ2) is 6.14. The second-order valence-corrected chi connectivity index (χ2v) is 9.84. The highest BCUT2D eigenvalue weighted by atomic mass is 16.5. The molecule has 1 aromatic carbocycles. The van der Waals surface area contributed by atoms with E-state index < -0.39 is 0 Å². The van der Waals surface area contributed by atoms with Crippen LogP contribution < -0.4 is 10.6 Å². The van der Waals surface area contributed by atoms with Gasteiger partial charge in [-0.1, -0.05) is 6.07 Å². The quantitative estimate of drug-likeness (QED) is 0.804. The van der Waals surface area contributed by atoms with Crippen LogP contribution in [0.4, 0.5) is 11.4 Å². The largest absolute Gasteiger partial charge is 0.378 e. The lowest BCUT2D eigenvalue weighted by atomic mass is 9.69. The first kappa shape index (κ1) is 17.6. The van der Waals surface area contributed by atoms with Gasteiger partial charge < -0.3 is 15.4 Å². The van der Waals surface area contributed by atoms with Crippen molar-refractivity contribution in [1.29, 1.82) is 0 Å². The summed E-state index contributed by atoms with van der Waals surface area (Å²) in [6.45, 7) is 0.686. The SMILES string of the molecule is O=C(CC12CCC(CC1)OC2)Nc1cccc(NC(=O)C2C3CC4C(C3=O)C42)c1. The van der Waals surface area contributed by atoms with Crippen molar-refractivity contribution in [3.05, 3.63) is 24.3 Å². The van der Waals surface area contributed by atoms with E-state index in [1.54, 1.807) is 6.07 Å². The molecule has 6 nitrogen and oxygen atoms in total. The molecule has 5 atom stereocenters. The van der Waals surface area contributed by atoms with E-state index in [1.807, 2.05) is 18.2 Å². The number of rotatable bonds is 5. The molecule has 2 saturated heterocycles. The number of hydrogen-bond acceptors (Lipinski definition) is 4. The lowest BCUT2D eigenvalue weighted by molar-refractivity contribution is -0.136. The Labute approximate surface area is 169 Å². The Hall–Kier alpha value is -2.21. The number of Topliss-reactive ketones (excluding diaryl/α,β-unsaturated/α-hetero) is 1. The number of hydrogen-bond donors (Lipinski definition) is 2. The van der Waals surface area contributed by atoms with Crippen molar-refractivity contribution in [2.45, 2.75) is 44.6 Å². The molecule has 7 aliphatic rings. The maximum Gasteiger partial charge on any atom is 0.228 e. The molecule has 0 aromatic heterocycles. The minimum absolute atomic E-state index is 0.000426. The summed E-state index contributed by atoms with van der Waals surface area (Å²) in [5, 5.41) is 5.97. The normalized spacial score (nSPS) is 40.8. The molecule has 1 aromatic rings. The molecule has 2 amide bonds. The molecule has 0 radical (unpaired) electrons. The number of nitrogens with one attached hydrogen (secondary N) is 2. The van der Waals surface area contributed by atoms with E-state index in [0.29, 0.717) is 42.2 Å². The molecule has 29 heavy (non-hydrogen) atoms. The topological polar surface area (TPSA) is 84.5 Å². The van der Waals surface area contributed by atoms with Crippen LogP contribution in [-0.4, -0.2) is 30.3 Å². The first-order valence-corrected chi connectivity index (χ1v) is 10.9. The Bertz CT molecular complexity index is 890. The molecule has 2 aliphatic heterocycles. The van der Waals surface area contributed by atoms with E-state index in [-0.39, 0.29) is 40.9 Å². The number of carbonyl (C=O) groups excluding carboxylic acids is 3. The summed E-state index contributed by atoms with van der Waals surface area (Å²) in [6.07, 6.45) is 6.01. The fraction of sp³-hybridized carbons (Fsp3) is 0.609. The summed E-state index contributed by atoms with van der Waals surface area (Å²) < 4.78 is 5.82. The fourth-order valence-electron chi connectivity index (χ4n) is 6.68. The minimum Gasteiger partial charge on any atom is -0.378 e. The van der Waals surface area contributed by atoms with E-state index in [2.05, 4.69) is 10.6 Å². The maximum atomic E-state index is 12.8. The second-order valence-electron chi connectivity index (χ2n) is 9.84. The van der Waals surface area contributed by atoms with Gasteiger partial charge in [-0.05, 0) is 62.1 Å². The van der Waals surface area contributed by atoms with Crippen molar-refractivity contribution < 1.29 is 19.1 Å². The Balaban J connectivity index is 1.09. The number of ether oxygens (including phenoxy) is 1. The summed E-state index contributed by atoms with van der Waals surface area (Å²) >= 11 is 0. The summed E-state index contributed by atoms with van der Waals surface area (Å²) in [5.74, 6) is 0.950. The zero-order valence-electron chi connectivity index (χ0n) is 16.4. The Morgan fingerprint density at radius 3 is 2.48 bits per heavy atom. The number of benzene rings is 1. The lowest BCUT2D eigenvalue weighted by Gasteiger charge is -2.46. The average Bonchev–Trinajstić information content (AvgIpc) is 2.98. The van der Waals surface area contributed by atoms with Crippen LogP contribution in [0.15, 0.2) is 24.3 Å². The molecule has 5 unspecified atom stereocenters. The molecular formula is C23H26N2O4. The van der Waals surface area contributed by atoms with Gasteiger partial charge in [0.05, 0.1) is 18.6 Å². The third-order valence-electron chi connectivity index (χ3n) is 8.17. The summed E-state index contributed by atoms with van der Waals surface area (Å²) in [4.78, 5) is 37.5. The van der Waals surface area contributed by atoms with E-state index in [9.17, 15) is 14.4 Å². The third-order valence-corrected chi connectivity index (χ3v) is 8.17. The van der Waals surface area contributed by atoms with E-state index in [0.717, 1.165) is 32.1 Å². The number of fused-ring (bicyclic) bond motifs is 3. The minimum atomic E-state index is -0.156. The van der Waals surface area contributed by atoms with Crippen molar-refractivity contribution in [3.8, 4) is 0 Å². The zero-order chi connectivity index (χ0) is 19.8. The van der Waals surface area contributed by atoms with Gasteiger partial charge in [0.1, 0.15) is 5.78 Å². The van der Waals surface area contributed by atoms with Crippen LogP contribution in [0.1, 0.15) is 38.5 Å². The van der Waals surface area contributed by atoms with E-state index in [4.69, 9.17) is 4.74 Å². The number of amides is 2. The molecule has 7 fully saturated rings. The van der Waals surface area contributed by atoms with Crippen LogP contribution in [0.5, 0.6) is 0 Å². The third kappa shape index (κ3) is 2.75. The predicted octanol–water partition coefficient (Wildman–Crippen LogP) is 2.99. The van der Waals surface area contributed by atoms with Crippen LogP contribution in [0.25, 0.3) is 0 Å². The van der Waals surface area contributed by atoms with Crippen LogP contribution in [-0.2, 0) is 19.1 Å². The Morgan fingerprint density at radius 1 is 1.14 bits per heavy atom. The summed E-state index contributed by atoms with van der Waals surface area (Å²) in [5.41, 5.74) is 1.34. The van der Waals surface area contributed by atoms with Gasteiger partial charge in [0.15, 0.2) is 0 Å². The first-order chi connectivity index (χ1) is 14.0. The monoisotopic (exact) mass is 394 g/mol. The first-order valence-electron chi connectivity index (χ1n) is 10.9. The van der Waals surface area contributed by atoms with Gasteiger partial charge in [-0.2, -0.15) is 0 Å². The fourth-order valence-corrected chi connectivity index (χ4v) is 6.68. The molecular weight excluding hydrogens is 368 g/mol. The highest BCUT2D eigenvalue weighted by Crippen LogP contribution is 2.71. The van der Waals surface area contributed by atoms with Crippen LogP contribution in [0.3, 0.4) is 0 Å². The highest BCUT2D eigenvalue weighted by Gasteiger charge is 2.75. The zero-order valence-corrected chi connectivity index (χ0v) is 16.4. The highest BCUT2D eigenvalue weighted by molar-refractivity contribution is 6.04. The van der Waals surface area contributed by atoms with Gasteiger partial charge in [-0.3, -0.25) is 14.4 Å². The molecule has 5 aliphatic carbocycles. The van der Waals surface area contributed by atoms with Gasteiger partial charge in [-0.15, -0.1) is 0 Å². The predicted molar refractivity (Wildman–Crippen MR) is 106 cm³/mol. The van der Waals surface area contributed by atoms with Gasteiger partial charge in [0.25, 0.3) is 0 Å². The van der Waals surface area contributed by atoms with Crippen molar-refractivity contribution >= 4 is 29.0 Å². The van der Waals surface area contributed by atoms with Crippen LogP contribution in [0.2, 0.25) is 0 Å². The van der Waals surface area contributed by atoms with Crippen molar-refractivity contribution in [1.82, 2.24) is 0 Å². The van der Waals surface area contributed by atoms with E-state index in [1.165, 1.54) is 0 Å². The molecule has 2 N–H and O–H groups in total. The molecule has 8 rings (SSSR count). The van der Waals surface area contributed by atoms with Crippen molar-refractivity contribution in [3.63, 3.8) is 0 Å². The smallest absolute Gasteiger partial charge is 0.228 e. The van der Waals surface area contributed by atoms with Crippen LogP contribution in [0, 0.1) is 35.0 Å². The van der Waals surface area contributed by atoms with E-state index >= 15 is 0 Å². The standard InChI is InChI=1S/C23H26N2O4/c26-17(10-23-6-4-14(5-7-23)29-11-23)24-12-2-1-3-13(8-12)25-22(28)20-16-9-15-18(20)19(15)21(16)27/h1-3,8,14-16,18-20H,4-7,9-11H2,(H,24,26)(H,25,28). The molecule has 2 heterocycles. The molecule has 0 spiro atoms. The average molecular weight is 394 g/mol. The molecule has 6 bridgehead atoms. The molecule has 152 valence electrons. The number of carbonyl (C=O) groups is 3. The number of ketones is 1. The van der Waals surface area contributed by atoms with Crippen molar-refractivity contribution in [2.75, 3.05) is 17.2 Å². The Kier molecular flexibility index (Phi) is 3.74. The molecule has 6 heteroatoms. The Morgan fingerprint density at radius 2 is 1.90 bits per heavy atom. The van der Waals surface area contributed by atoms with Gasteiger partial charge in [-0.25, -0.2) is 0 Å². The van der Waals surface area contributed by atoms with Crippen LogP contribution >= 0.6 is 0 Å². The summed E-state index contributed by atoms with van der Waals surface area (Å²) in [6, 6.07) is 7.30. The number of anilines is 2. The van der Waals surface area contributed by atoms with Crippen molar-refractivity contribution in [2.24, 2.45) is 35.0 Å². The summed E-state index contributed by atoms with van der Waals surface area (Å²) in [7, 11) is 0. The van der Waals surface area contributed by atoms with Gasteiger partial charge >= 0.3 is 0 Å². The maximum absolute atomic E-state index is 12.8. The van der Waals surface area contributed by atoms with Gasteiger partial charge in [0.2, 0.25) is 11.8 Å². The molecule has 5 saturated carbocycles. The lowest BCUT2D eigenvalue weighted by Crippen LogP contribution is -2.44. The van der Waals surface area contributed by atoms with Gasteiger partial charge in [0, 0.05) is 35.0 Å².